The fourth-order valence-electron chi connectivity index (χ4n) is 3.10. The first kappa shape index (κ1) is 19.7. The van der Waals surface area contributed by atoms with E-state index in [2.05, 4.69) is 0 Å². The molecule has 10 heteroatoms. The van der Waals surface area contributed by atoms with Crippen LogP contribution in [0.25, 0.3) is 0 Å². The summed E-state index contributed by atoms with van der Waals surface area (Å²) in [5.41, 5.74) is 0.250. The topological polar surface area (TPSA) is 101 Å². The fourth-order valence-corrected chi connectivity index (χ4v) is 3.74. The Morgan fingerprint density at radius 1 is 1.11 bits per heavy atom. The molecular weight excluding hydrogens is 389 g/mol. The minimum Gasteiger partial charge on any atom is -0.362 e. The second kappa shape index (κ2) is 7.55. The maximum Gasteiger partial charge on any atom is 0.293 e. The van der Waals surface area contributed by atoms with Crippen LogP contribution in [0.4, 0.5) is 15.8 Å². The van der Waals surface area contributed by atoms with Gasteiger partial charge >= 0.3 is 0 Å². The van der Waals surface area contributed by atoms with E-state index in [4.69, 9.17) is 0 Å². The van der Waals surface area contributed by atoms with Crippen molar-refractivity contribution in [2.75, 3.05) is 37.3 Å². The monoisotopic (exact) mass is 407 g/mol. The number of rotatable bonds is 4. The third kappa shape index (κ3) is 4.11. The van der Waals surface area contributed by atoms with Gasteiger partial charge in [0.2, 0.25) is 0 Å². The molecule has 3 rings (SSSR count). The Morgan fingerprint density at radius 2 is 1.79 bits per heavy atom. The molecule has 1 amide bonds. The predicted molar refractivity (Wildman–Crippen MR) is 101 cm³/mol. The molecule has 148 valence electrons. The number of hydrogen-bond acceptors (Lipinski definition) is 6. The van der Waals surface area contributed by atoms with Crippen LogP contribution in [0, 0.1) is 15.9 Å². The smallest absolute Gasteiger partial charge is 0.293 e. The summed E-state index contributed by atoms with van der Waals surface area (Å²) in [5.74, 6) is -0.799. The zero-order valence-corrected chi connectivity index (χ0v) is 15.9. The molecule has 2 aromatic carbocycles. The number of sulfone groups is 1. The molecule has 1 heterocycles. The van der Waals surface area contributed by atoms with Crippen LogP contribution in [0.5, 0.6) is 0 Å². The molecule has 0 spiro atoms. The number of benzene rings is 2. The van der Waals surface area contributed by atoms with Crippen molar-refractivity contribution >= 4 is 27.1 Å². The highest BCUT2D eigenvalue weighted by molar-refractivity contribution is 7.90. The summed E-state index contributed by atoms with van der Waals surface area (Å²) >= 11 is 0. The largest absolute Gasteiger partial charge is 0.362 e. The number of hydrogen-bond donors (Lipinski definition) is 0. The van der Waals surface area contributed by atoms with Gasteiger partial charge in [-0.2, -0.15) is 0 Å². The van der Waals surface area contributed by atoms with Gasteiger partial charge in [0, 0.05) is 44.1 Å². The van der Waals surface area contributed by atoms with Gasteiger partial charge in [0.25, 0.3) is 11.6 Å². The first-order chi connectivity index (χ1) is 13.2. The summed E-state index contributed by atoms with van der Waals surface area (Å²) in [7, 11) is -3.57. The van der Waals surface area contributed by atoms with Crippen LogP contribution in [0.15, 0.2) is 47.4 Å². The average molecular weight is 407 g/mol. The molecule has 8 nitrogen and oxygen atoms in total. The van der Waals surface area contributed by atoms with Crippen LogP contribution in [0.2, 0.25) is 0 Å². The first-order valence-corrected chi connectivity index (χ1v) is 10.3. The van der Waals surface area contributed by atoms with E-state index in [1.54, 1.807) is 9.80 Å². The van der Waals surface area contributed by atoms with E-state index >= 15 is 0 Å². The molecular formula is C18H18FN3O5S. The van der Waals surface area contributed by atoms with Crippen LogP contribution in [-0.4, -0.2) is 56.6 Å². The Kier molecular flexibility index (Phi) is 5.32. The molecule has 0 aliphatic carbocycles. The van der Waals surface area contributed by atoms with Gasteiger partial charge in [-0.1, -0.05) is 6.07 Å². The summed E-state index contributed by atoms with van der Waals surface area (Å²) in [5, 5.41) is 11.4. The number of piperazine rings is 1. The first-order valence-electron chi connectivity index (χ1n) is 8.45. The maximum absolute atomic E-state index is 13.3. The van der Waals surface area contributed by atoms with Crippen LogP contribution >= 0.6 is 0 Å². The van der Waals surface area contributed by atoms with Crippen molar-refractivity contribution in [2.24, 2.45) is 0 Å². The number of carbonyl (C=O) groups is 1. The van der Waals surface area contributed by atoms with Crippen molar-refractivity contribution in [3.63, 3.8) is 0 Å². The summed E-state index contributed by atoms with van der Waals surface area (Å²) in [6, 6.07) is 9.23. The van der Waals surface area contributed by atoms with E-state index in [1.807, 2.05) is 0 Å². The summed E-state index contributed by atoms with van der Waals surface area (Å²) in [6.07, 6.45) is 0.989. The zero-order valence-electron chi connectivity index (χ0n) is 15.0. The lowest BCUT2D eigenvalue weighted by atomic mass is 10.1. The van der Waals surface area contributed by atoms with E-state index in [1.165, 1.54) is 36.4 Å². The van der Waals surface area contributed by atoms with Crippen molar-refractivity contribution < 1.29 is 22.5 Å². The molecule has 0 atom stereocenters. The van der Waals surface area contributed by atoms with Crippen molar-refractivity contribution in [3.05, 3.63) is 64.0 Å². The Bertz CT molecular complexity index is 1030. The summed E-state index contributed by atoms with van der Waals surface area (Å²) in [4.78, 5) is 26.5. The highest BCUT2D eigenvalue weighted by Gasteiger charge is 2.27. The number of nitrogens with zero attached hydrogens (tertiary/aromatic N) is 3. The Morgan fingerprint density at radius 3 is 2.36 bits per heavy atom. The molecule has 1 aliphatic rings. The molecule has 0 radical (unpaired) electrons. The van der Waals surface area contributed by atoms with Crippen molar-refractivity contribution in [1.29, 1.82) is 0 Å². The van der Waals surface area contributed by atoms with Gasteiger partial charge in [-0.25, -0.2) is 12.8 Å². The van der Waals surface area contributed by atoms with Gasteiger partial charge in [0.05, 0.1) is 9.82 Å². The zero-order chi connectivity index (χ0) is 20.5. The Labute approximate surface area is 161 Å². The quantitative estimate of drug-likeness (QED) is 0.568. The van der Waals surface area contributed by atoms with Crippen LogP contribution < -0.4 is 4.90 Å². The van der Waals surface area contributed by atoms with Crippen molar-refractivity contribution in [2.45, 2.75) is 4.90 Å². The SMILES string of the molecule is CS(=O)(=O)c1ccc(N2CCN(C(=O)c3cccc(F)c3)CC2)c([N+](=O)[O-])c1. The molecule has 0 unspecified atom stereocenters. The van der Waals surface area contributed by atoms with Gasteiger partial charge < -0.3 is 9.80 Å². The van der Waals surface area contributed by atoms with E-state index in [0.717, 1.165) is 12.3 Å². The molecule has 1 saturated heterocycles. The highest BCUT2D eigenvalue weighted by Crippen LogP contribution is 2.31. The number of halogens is 1. The van der Waals surface area contributed by atoms with E-state index in [-0.39, 0.29) is 22.1 Å². The van der Waals surface area contributed by atoms with Crippen molar-refractivity contribution in [1.82, 2.24) is 4.90 Å². The van der Waals surface area contributed by atoms with E-state index < -0.39 is 20.6 Å². The van der Waals surface area contributed by atoms with Gasteiger partial charge in [-0.15, -0.1) is 0 Å². The minimum absolute atomic E-state index is 0.122. The van der Waals surface area contributed by atoms with Crippen LogP contribution in [0.3, 0.4) is 0 Å². The van der Waals surface area contributed by atoms with Gasteiger partial charge in [-0.05, 0) is 30.3 Å². The fraction of sp³-hybridized carbons (Fsp3) is 0.278. The molecule has 0 saturated carbocycles. The maximum atomic E-state index is 13.3. The molecule has 0 bridgehead atoms. The normalized spacial score (nSPS) is 14.8. The predicted octanol–water partition coefficient (Wildman–Crippen LogP) is 2.10. The number of amides is 1. The number of nitro groups is 1. The molecule has 0 aromatic heterocycles. The van der Waals surface area contributed by atoms with Gasteiger partial charge in [0.1, 0.15) is 11.5 Å². The lowest BCUT2D eigenvalue weighted by Crippen LogP contribution is -2.49. The number of anilines is 1. The molecule has 1 fully saturated rings. The second-order valence-electron chi connectivity index (χ2n) is 6.47. The summed E-state index contributed by atoms with van der Waals surface area (Å²) < 4.78 is 36.7. The standard InChI is InChI=1S/C18H18FN3O5S/c1-28(26,27)15-5-6-16(17(12-15)22(24)25)20-7-9-21(10-8-20)18(23)13-3-2-4-14(19)11-13/h2-6,11-12H,7-10H2,1H3. The van der Waals surface area contributed by atoms with Crippen LogP contribution in [0.1, 0.15) is 10.4 Å². The number of nitro benzene ring substituents is 1. The highest BCUT2D eigenvalue weighted by atomic mass is 32.2. The number of carbonyl (C=O) groups excluding carboxylic acids is 1. The molecule has 2 aromatic rings. The Balaban J connectivity index is 1.78. The molecule has 28 heavy (non-hydrogen) atoms. The van der Waals surface area contributed by atoms with E-state index in [0.29, 0.717) is 31.9 Å². The minimum atomic E-state index is -3.57. The lowest BCUT2D eigenvalue weighted by Gasteiger charge is -2.35. The van der Waals surface area contributed by atoms with E-state index in [9.17, 15) is 27.7 Å². The van der Waals surface area contributed by atoms with Crippen LogP contribution in [-0.2, 0) is 9.84 Å². The second-order valence-corrected chi connectivity index (χ2v) is 8.49. The Hall–Kier alpha value is -3.01. The average Bonchev–Trinajstić information content (AvgIpc) is 2.66. The molecule has 0 N–H and O–H groups in total. The van der Waals surface area contributed by atoms with Crippen molar-refractivity contribution in [3.8, 4) is 0 Å². The lowest BCUT2D eigenvalue weighted by molar-refractivity contribution is -0.384. The van der Waals surface area contributed by atoms with Gasteiger partial charge in [0.15, 0.2) is 9.84 Å². The van der Waals surface area contributed by atoms with Gasteiger partial charge in [-0.3, -0.25) is 14.9 Å². The molecule has 1 aliphatic heterocycles. The third-order valence-corrected chi connectivity index (χ3v) is 5.66. The summed E-state index contributed by atoms with van der Waals surface area (Å²) in [6.45, 7) is 1.28. The third-order valence-electron chi connectivity index (χ3n) is 4.55.